The number of rotatable bonds is 6. The van der Waals surface area contributed by atoms with Crippen molar-refractivity contribution in [3.05, 3.63) is 0 Å². The summed E-state index contributed by atoms with van der Waals surface area (Å²) in [5, 5.41) is 14.1. The summed E-state index contributed by atoms with van der Waals surface area (Å²) in [5.74, 6) is -0.394. The van der Waals surface area contributed by atoms with Gasteiger partial charge in [0.1, 0.15) is 0 Å². The molecule has 3 N–H and O–H groups in total. The van der Waals surface area contributed by atoms with Crippen LogP contribution in [0.25, 0.3) is 0 Å². The molecule has 0 aliphatic carbocycles. The molecule has 110 valence electrons. The topological polar surface area (TPSA) is 87.7 Å². The molecule has 0 aromatic carbocycles. The highest BCUT2D eigenvalue weighted by Crippen LogP contribution is 2.19. The molecule has 6 heteroatoms. The van der Waals surface area contributed by atoms with Crippen molar-refractivity contribution in [1.29, 1.82) is 0 Å². The van der Waals surface area contributed by atoms with Gasteiger partial charge in [0.2, 0.25) is 0 Å². The lowest BCUT2D eigenvalue weighted by atomic mass is 9.95. The number of amides is 2. The number of ether oxygens (including phenoxy) is 1. The van der Waals surface area contributed by atoms with Crippen molar-refractivity contribution in [3.8, 4) is 0 Å². The second kappa shape index (κ2) is 7.99. The summed E-state index contributed by atoms with van der Waals surface area (Å²) in [6.45, 7) is 5.28. The van der Waals surface area contributed by atoms with Crippen LogP contribution >= 0.6 is 0 Å². The highest BCUT2D eigenvalue weighted by Gasteiger charge is 2.25. The molecule has 1 rings (SSSR count). The minimum atomic E-state index is -0.841. The zero-order valence-corrected chi connectivity index (χ0v) is 11.6. The van der Waals surface area contributed by atoms with E-state index in [1.54, 1.807) is 0 Å². The molecule has 1 aliphatic heterocycles. The molecular formula is C13H24N2O4. The molecule has 1 saturated heterocycles. The van der Waals surface area contributed by atoms with Gasteiger partial charge in [-0.25, -0.2) is 4.79 Å². The van der Waals surface area contributed by atoms with Crippen LogP contribution in [0.4, 0.5) is 4.79 Å². The summed E-state index contributed by atoms with van der Waals surface area (Å²) in [4.78, 5) is 21.9. The van der Waals surface area contributed by atoms with Crippen LogP contribution in [0.5, 0.6) is 0 Å². The molecule has 0 aromatic rings. The number of carboxylic acids is 1. The van der Waals surface area contributed by atoms with Crippen LogP contribution in [-0.2, 0) is 9.53 Å². The lowest BCUT2D eigenvalue weighted by Crippen LogP contribution is -2.47. The van der Waals surface area contributed by atoms with Gasteiger partial charge in [-0.3, -0.25) is 4.79 Å². The molecule has 1 heterocycles. The summed E-state index contributed by atoms with van der Waals surface area (Å²) in [7, 11) is 0. The molecule has 0 bridgehead atoms. The molecule has 1 aliphatic rings. The van der Waals surface area contributed by atoms with E-state index in [0.717, 1.165) is 12.8 Å². The van der Waals surface area contributed by atoms with E-state index in [1.807, 2.05) is 0 Å². The maximum absolute atomic E-state index is 11.6. The van der Waals surface area contributed by atoms with E-state index in [-0.39, 0.29) is 24.6 Å². The number of carbonyl (C=O) groups excluding carboxylic acids is 1. The van der Waals surface area contributed by atoms with Crippen LogP contribution in [0.15, 0.2) is 0 Å². The maximum atomic E-state index is 11.6. The molecule has 1 fully saturated rings. The Kier molecular flexibility index (Phi) is 6.62. The predicted octanol–water partition coefficient (Wildman–Crippen LogP) is 1.35. The first kappa shape index (κ1) is 15.8. The predicted molar refractivity (Wildman–Crippen MR) is 71.0 cm³/mol. The molecular weight excluding hydrogens is 248 g/mol. The molecule has 0 radical (unpaired) electrons. The van der Waals surface area contributed by atoms with Crippen LogP contribution in [-0.4, -0.2) is 42.4 Å². The molecule has 2 unspecified atom stereocenters. The van der Waals surface area contributed by atoms with Gasteiger partial charge < -0.3 is 20.5 Å². The fourth-order valence-electron chi connectivity index (χ4n) is 2.10. The minimum absolute atomic E-state index is 0.0764. The lowest BCUT2D eigenvalue weighted by Gasteiger charge is -2.32. The fourth-order valence-corrected chi connectivity index (χ4v) is 2.10. The van der Waals surface area contributed by atoms with Crippen molar-refractivity contribution in [2.75, 3.05) is 13.2 Å². The average Bonchev–Trinajstić information content (AvgIpc) is 2.34. The summed E-state index contributed by atoms with van der Waals surface area (Å²) in [6.07, 6.45) is 2.38. The van der Waals surface area contributed by atoms with E-state index in [0.29, 0.717) is 25.5 Å². The Morgan fingerprint density at radius 2 is 2.16 bits per heavy atom. The number of hydrogen-bond donors (Lipinski definition) is 3. The van der Waals surface area contributed by atoms with Gasteiger partial charge in [-0.05, 0) is 25.2 Å². The zero-order chi connectivity index (χ0) is 14.3. The van der Waals surface area contributed by atoms with Crippen molar-refractivity contribution >= 4 is 12.0 Å². The third-order valence-electron chi connectivity index (χ3n) is 3.25. The number of carbonyl (C=O) groups is 2. The van der Waals surface area contributed by atoms with E-state index in [9.17, 15) is 9.59 Å². The second-order valence-corrected chi connectivity index (χ2v) is 5.27. The van der Waals surface area contributed by atoms with Crippen molar-refractivity contribution in [2.45, 2.75) is 51.7 Å². The first-order valence-corrected chi connectivity index (χ1v) is 6.86. The van der Waals surface area contributed by atoms with Gasteiger partial charge in [-0.2, -0.15) is 0 Å². The summed E-state index contributed by atoms with van der Waals surface area (Å²) in [5.41, 5.74) is 0. The first-order chi connectivity index (χ1) is 8.99. The third kappa shape index (κ3) is 6.42. The van der Waals surface area contributed by atoms with Crippen LogP contribution in [0.1, 0.15) is 39.5 Å². The van der Waals surface area contributed by atoms with Gasteiger partial charge in [-0.1, -0.05) is 13.8 Å². The second-order valence-electron chi connectivity index (χ2n) is 5.27. The maximum Gasteiger partial charge on any atom is 0.315 e. The molecule has 0 saturated carbocycles. The molecule has 0 spiro atoms. The Bertz CT molecular complexity index is 307. The Balaban J connectivity index is 2.19. The number of hydrogen-bond acceptors (Lipinski definition) is 3. The summed E-state index contributed by atoms with van der Waals surface area (Å²) in [6, 6.07) is -0.0829. The monoisotopic (exact) mass is 272 g/mol. The molecule has 2 atom stereocenters. The summed E-state index contributed by atoms with van der Waals surface area (Å²) >= 11 is 0. The Morgan fingerprint density at radius 1 is 1.42 bits per heavy atom. The highest BCUT2D eigenvalue weighted by atomic mass is 16.5. The lowest BCUT2D eigenvalue weighted by molar-refractivity contribution is -0.137. The van der Waals surface area contributed by atoms with Gasteiger partial charge in [0.05, 0.1) is 6.10 Å². The Hall–Kier alpha value is -1.30. The minimum Gasteiger partial charge on any atom is -0.481 e. The van der Waals surface area contributed by atoms with Crippen molar-refractivity contribution in [3.63, 3.8) is 0 Å². The summed E-state index contributed by atoms with van der Waals surface area (Å²) < 4.78 is 5.64. The van der Waals surface area contributed by atoms with E-state index in [4.69, 9.17) is 9.84 Å². The Labute approximate surface area is 113 Å². The molecule has 19 heavy (non-hydrogen) atoms. The van der Waals surface area contributed by atoms with Gasteiger partial charge in [0, 0.05) is 25.6 Å². The van der Waals surface area contributed by atoms with E-state index in [1.165, 1.54) is 0 Å². The fraction of sp³-hybridized carbons (Fsp3) is 0.846. The van der Waals surface area contributed by atoms with Crippen LogP contribution in [0.2, 0.25) is 0 Å². The normalized spacial score (nSPS) is 23.1. The number of carboxylic acid groups (broad SMARTS) is 1. The van der Waals surface area contributed by atoms with Crippen molar-refractivity contribution in [1.82, 2.24) is 10.6 Å². The van der Waals surface area contributed by atoms with Crippen LogP contribution < -0.4 is 10.6 Å². The quantitative estimate of drug-likeness (QED) is 0.637. The number of nitrogens with one attached hydrogen (secondary N) is 2. The van der Waals surface area contributed by atoms with Crippen LogP contribution in [0.3, 0.4) is 0 Å². The SMILES string of the molecule is CC(C)C1CC(NC(=O)NCCCC(=O)O)CCO1. The largest absolute Gasteiger partial charge is 0.481 e. The van der Waals surface area contributed by atoms with Gasteiger partial charge in [0.25, 0.3) is 0 Å². The van der Waals surface area contributed by atoms with Gasteiger partial charge in [0.15, 0.2) is 0 Å². The average molecular weight is 272 g/mol. The zero-order valence-electron chi connectivity index (χ0n) is 11.6. The molecule has 2 amide bonds. The van der Waals surface area contributed by atoms with E-state index < -0.39 is 5.97 Å². The highest BCUT2D eigenvalue weighted by molar-refractivity contribution is 5.74. The molecule has 6 nitrogen and oxygen atoms in total. The molecule has 0 aromatic heterocycles. The van der Waals surface area contributed by atoms with E-state index in [2.05, 4.69) is 24.5 Å². The van der Waals surface area contributed by atoms with Gasteiger partial charge in [-0.15, -0.1) is 0 Å². The smallest absolute Gasteiger partial charge is 0.315 e. The third-order valence-corrected chi connectivity index (χ3v) is 3.25. The number of aliphatic carboxylic acids is 1. The number of urea groups is 1. The van der Waals surface area contributed by atoms with Crippen molar-refractivity contribution < 1.29 is 19.4 Å². The van der Waals surface area contributed by atoms with Crippen molar-refractivity contribution in [2.24, 2.45) is 5.92 Å². The van der Waals surface area contributed by atoms with Gasteiger partial charge >= 0.3 is 12.0 Å². The van der Waals surface area contributed by atoms with Crippen LogP contribution in [0, 0.1) is 5.92 Å². The standard InChI is InChI=1S/C13H24N2O4/c1-9(2)11-8-10(5-7-19-11)15-13(18)14-6-3-4-12(16)17/h9-11H,3-8H2,1-2H3,(H,16,17)(H2,14,15,18). The Morgan fingerprint density at radius 3 is 2.79 bits per heavy atom. The van der Waals surface area contributed by atoms with E-state index >= 15 is 0 Å². The first-order valence-electron chi connectivity index (χ1n) is 6.86.